The first-order valence-corrected chi connectivity index (χ1v) is 14.5. The lowest BCUT2D eigenvalue weighted by Crippen LogP contribution is -2.54. The van der Waals surface area contributed by atoms with Crippen LogP contribution in [0.3, 0.4) is 0 Å². The fourth-order valence-corrected chi connectivity index (χ4v) is 6.85. The zero-order chi connectivity index (χ0) is 28.1. The number of ether oxygens (including phenoxy) is 1. The van der Waals surface area contributed by atoms with Gasteiger partial charge in [0.05, 0.1) is 5.52 Å². The average molecular weight is 552 g/mol. The van der Waals surface area contributed by atoms with Gasteiger partial charge >= 0.3 is 0 Å². The van der Waals surface area contributed by atoms with Gasteiger partial charge in [-0.2, -0.15) is 0 Å². The van der Waals surface area contributed by atoms with Crippen LogP contribution in [-0.4, -0.2) is 54.5 Å². The van der Waals surface area contributed by atoms with Crippen molar-refractivity contribution < 1.29 is 13.5 Å². The number of hydrogen-bond donors (Lipinski definition) is 1. The summed E-state index contributed by atoms with van der Waals surface area (Å²) in [6.07, 6.45) is 0.869. The first kappa shape index (κ1) is 27.1. The van der Waals surface area contributed by atoms with Gasteiger partial charge in [-0.05, 0) is 76.3 Å². The molecule has 6 rings (SSSR count). The number of nitrogens with one attached hydrogen (secondary N) is 1. The maximum absolute atomic E-state index is 14.7. The van der Waals surface area contributed by atoms with E-state index in [4.69, 9.17) is 9.72 Å². The molecule has 0 bridgehead atoms. The lowest BCUT2D eigenvalue weighted by Gasteiger charge is -2.40. The van der Waals surface area contributed by atoms with Gasteiger partial charge in [0.25, 0.3) is 12.0 Å². The lowest BCUT2D eigenvalue weighted by molar-refractivity contribution is 0.0845. The number of aromatic nitrogens is 2. The van der Waals surface area contributed by atoms with Crippen LogP contribution < -0.4 is 20.7 Å². The number of rotatable bonds is 4. The van der Waals surface area contributed by atoms with E-state index in [1.807, 2.05) is 25.1 Å². The van der Waals surface area contributed by atoms with Crippen molar-refractivity contribution in [2.24, 2.45) is 7.05 Å². The second-order valence-electron chi connectivity index (χ2n) is 11.9. The molecule has 2 atom stereocenters. The Balaban J connectivity index is 1.52. The van der Waals surface area contributed by atoms with Crippen molar-refractivity contribution in [3.63, 3.8) is 0 Å². The van der Waals surface area contributed by atoms with Crippen LogP contribution in [0.1, 0.15) is 67.8 Å². The Morgan fingerprint density at radius 1 is 1.05 bits per heavy atom. The second-order valence-corrected chi connectivity index (χ2v) is 11.9. The Hall–Kier alpha value is -3.04. The van der Waals surface area contributed by atoms with Gasteiger partial charge in [-0.3, -0.25) is 4.79 Å². The number of piperazine rings is 1. The molecule has 0 spiro atoms. The van der Waals surface area contributed by atoms with E-state index in [1.54, 1.807) is 17.7 Å². The van der Waals surface area contributed by atoms with Gasteiger partial charge in [-0.25, -0.2) is 13.8 Å². The highest BCUT2D eigenvalue weighted by molar-refractivity contribution is 5.93. The average Bonchev–Trinajstić information content (AvgIpc) is 2.94. The monoisotopic (exact) mass is 551 g/mol. The number of nitrogens with zero attached hydrogens (tertiary/aromatic N) is 4. The van der Waals surface area contributed by atoms with Gasteiger partial charge in [0.2, 0.25) is 0 Å². The number of fused-ring (bicyclic) bond motifs is 2. The molecule has 0 radical (unpaired) electrons. The topological polar surface area (TPSA) is 62.6 Å². The SMILES string of the molecule is Cc1cc2c(N3CCCc4cc(N5CC(C)NC(C)C5)c(C(F)F)cc43)nc(C3CCOCC3)cc2n(C)c1=O. The minimum atomic E-state index is -2.59. The first-order valence-electron chi connectivity index (χ1n) is 14.5. The quantitative estimate of drug-likeness (QED) is 0.472. The molecule has 3 aliphatic rings. The predicted molar refractivity (Wildman–Crippen MR) is 156 cm³/mol. The van der Waals surface area contributed by atoms with Crippen LogP contribution in [0.25, 0.3) is 10.9 Å². The summed E-state index contributed by atoms with van der Waals surface area (Å²) in [6, 6.07) is 8.10. The Bertz CT molecular complexity index is 1470. The minimum absolute atomic E-state index is 0.0364. The van der Waals surface area contributed by atoms with Gasteiger partial charge < -0.3 is 24.4 Å². The Kier molecular flexibility index (Phi) is 7.29. The van der Waals surface area contributed by atoms with Crippen molar-refractivity contribution in [1.29, 1.82) is 0 Å². The van der Waals surface area contributed by atoms with E-state index in [9.17, 15) is 13.6 Å². The fraction of sp³-hybridized carbons (Fsp3) is 0.548. The number of halogens is 2. The van der Waals surface area contributed by atoms with Crippen molar-refractivity contribution in [3.05, 3.63) is 57.0 Å². The van der Waals surface area contributed by atoms with Crippen molar-refractivity contribution >= 4 is 28.1 Å². The summed E-state index contributed by atoms with van der Waals surface area (Å²) in [7, 11) is 1.80. The molecule has 1 N–H and O–H groups in total. The molecule has 0 saturated carbocycles. The molecular weight excluding hydrogens is 512 g/mol. The van der Waals surface area contributed by atoms with Crippen LogP contribution in [0.15, 0.2) is 29.1 Å². The van der Waals surface area contributed by atoms with Crippen LogP contribution in [-0.2, 0) is 18.2 Å². The van der Waals surface area contributed by atoms with Gasteiger partial charge in [0.1, 0.15) is 5.82 Å². The van der Waals surface area contributed by atoms with Crippen LogP contribution in [0, 0.1) is 6.92 Å². The number of alkyl halides is 2. The highest BCUT2D eigenvalue weighted by Gasteiger charge is 2.31. The van der Waals surface area contributed by atoms with Crippen molar-refractivity contribution in [2.45, 2.75) is 70.9 Å². The third kappa shape index (κ3) is 4.87. The van der Waals surface area contributed by atoms with Crippen LogP contribution in [0.2, 0.25) is 0 Å². The van der Waals surface area contributed by atoms with Gasteiger partial charge in [-0.1, -0.05) is 0 Å². The summed E-state index contributed by atoms with van der Waals surface area (Å²) < 4.78 is 36.6. The van der Waals surface area contributed by atoms with Crippen LogP contribution in [0.4, 0.5) is 26.0 Å². The molecule has 40 heavy (non-hydrogen) atoms. The number of pyridine rings is 2. The summed E-state index contributed by atoms with van der Waals surface area (Å²) in [6.45, 7) is 9.45. The van der Waals surface area contributed by atoms with E-state index in [-0.39, 0.29) is 29.1 Å². The smallest absolute Gasteiger partial charge is 0.265 e. The van der Waals surface area contributed by atoms with Gasteiger partial charge in [0.15, 0.2) is 0 Å². The molecule has 7 nitrogen and oxygen atoms in total. The Morgan fingerprint density at radius 2 is 1.77 bits per heavy atom. The van der Waals surface area contributed by atoms with E-state index in [0.717, 1.165) is 59.3 Å². The lowest BCUT2D eigenvalue weighted by atomic mass is 9.94. The number of aryl methyl sites for hydroxylation is 3. The largest absolute Gasteiger partial charge is 0.381 e. The third-order valence-electron chi connectivity index (χ3n) is 8.78. The Morgan fingerprint density at radius 3 is 2.48 bits per heavy atom. The molecule has 2 fully saturated rings. The van der Waals surface area contributed by atoms with Crippen molar-refractivity contribution in [3.8, 4) is 0 Å². The summed E-state index contributed by atoms with van der Waals surface area (Å²) in [5.74, 6) is 0.976. The third-order valence-corrected chi connectivity index (χ3v) is 8.78. The predicted octanol–water partition coefficient (Wildman–Crippen LogP) is 5.34. The molecule has 0 amide bonds. The molecule has 2 aromatic heterocycles. The molecule has 2 unspecified atom stereocenters. The standard InChI is InChI=1S/C31H39F2N5O2/c1-18-12-24-27(36(4)31(18)39)15-25(21-7-10-40-11-8-21)35-30(24)38-9-5-6-22-13-28(23(29(32)33)14-26(22)38)37-16-19(2)34-20(3)17-37/h12-15,19-21,29,34H,5-11,16-17H2,1-4H3. The second kappa shape index (κ2) is 10.7. The number of benzene rings is 1. The molecule has 3 aliphatic heterocycles. The molecule has 214 valence electrons. The summed E-state index contributed by atoms with van der Waals surface area (Å²) >= 11 is 0. The van der Waals surface area contributed by atoms with E-state index < -0.39 is 6.43 Å². The number of anilines is 3. The molecule has 9 heteroatoms. The van der Waals surface area contributed by atoms with E-state index in [1.165, 1.54) is 0 Å². The first-order chi connectivity index (χ1) is 19.2. The van der Waals surface area contributed by atoms with Crippen molar-refractivity contribution in [2.75, 3.05) is 42.6 Å². The summed E-state index contributed by atoms with van der Waals surface area (Å²) in [5.41, 5.74) is 4.94. The maximum Gasteiger partial charge on any atom is 0.265 e. The molecule has 3 aromatic rings. The van der Waals surface area contributed by atoms with Gasteiger partial charge in [0, 0.05) is 91.5 Å². The molecule has 1 aromatic carbocycles. The highest BCUT2D eigenvalue weighted by atomic mass is 19.3. The minimum Gasteiger partial charge on any atom is -0.381 e. The molecule has 0 aliphatic carbocycles. The fourth-order valence-electron chi connectivity index (χ4n) is 6.85. The molecule has 5 heterocycles. The zero-order valence-corrected chi connectivity index (χ0v) is 23.8. The van der Waals surface area contributed by atoms with E-state index in [2.05, 4.69) is 29.0 Å². The zero-order valence-electron chi connectivity index (χ0n) is 23.8. The molecule has 2 saturated heterocycles. The molecular formula is C31H39F2N5O2. The van der Waals surface area contributed by atoms with E-state index >= 15 is 0 Å². The van der Waals surface area contributed by atoms with Gasteiger partial charge in [-0.15, -0.1) is 0 Å². The van der Waals surface area contributed by atoms with E-state index in [0.29, 0.717) is 44.1 Å². The summed E-state index contributed by atoms with van der Waals surface area (Å²) in [5, 5.41) is 4.37. The maximum atomic E-state index is 14.7. The highest BCUT2D eigenvalue weighted by Crippen LogP contribution is 2.43. The normalized spacial score (nSPS) is 22.3. The number of hydrogen-bond acceptors (Lipinski definition) is 6. The Labute approximate surface area is 234 Å². The van der Waals surface area contributed by atoms with Crippen molar-refractivity contribution in [1.82, 2.24) is 14.9 Å². The van der Waals surface area contributed by atoms with Crippen LogP contribution in [0.5, 0.6) is 0 Å². The summed E-state index contributed by atoms with van der Waals surface area (Å²) in [4.78, 5) is 22.4. The van der Waals surface area contributed by atoms with Crippen LogP contribution >= 0.6 is 0 Å².